The Bertz CT molecular complexity index is 321. The van der Waals surface area contributed by atoms with E-state index in [9.17, 15) is 0 Å². The van der Waals surface area contributed by atoms with E-state index in [0.29, 0.717) is 5.41 Å². The first-order valence-corrected chi connectivity index (χ1v) is 8.15. The topological polar surface area (TPSA) is 25.8 Å². The molecule has 2 nitrogen and oxygen atoms in total. The largest absolute Gasteiger partial charge is 0.174 e. The molecule has 0 unspecified atom stereocenters. The van der Waals surface area contributed by atoms with Gasteiger partial charge in [0.1, 0.15) is 5.01 Å². The fourth-order valence-corrected chi connectivity index (χ4v) is 5.12. The van der Waals surface area contributed by atoms with Crippen LogP contribution >= 0.6 is 39.0 Å². The molecule has 0 spiro atoms. The molecular formula is C10H15BrN2S2. The molecule has 15 heavy (non-hydrogen) atoms. The molecule has 0 aliphatic heterocycles. The first-order valence-electron chi connectivity index (χ1n) is 5.23. The van der Waals surface area contributed by atoms with Crippen LogP contribution in [0.4, 0.5) is 0 Å². The Morgan fingerprint density at radius 3 is 2.67 bits per heavy atom. The van der Waals surface area contributed by atoms with E-state index in [1.165, 1.54) is 31.4 Å². The van der Waals surface area contributed by atoms with Gasteiger partial charge in [-0.25, -0.2) is 0 Å². The van der Waals surface area contributed by atoms with Gasteiger partial charge in [-0.3, -0.25) is 0 Å². The van der Waals surface area contributed by atoms with Crippen molar-refractivity contribution in [3.63, 3.8) is 0 Å². The molecule has 5 heteroatoms. The highest BCUT2D eigenvalue weighted by Gasteiger charge is 2.32. The molecule has 1 aliphatic carbocycles. The summed E-state index contributed by atoms with van der Waals surface area (Å²) in [6.07, 6.45) is 5.51. The van der Waals surface area contributed by atoms with Gasteiger partial charge in [0.25, 0.3) is 0 Å². The van der Waals surface area contributed by atoms with Crippen LogP contribution in [0.5, 0.6) is 0 Å². The minimum atomic E-state index is 0.518. The monoisotopic (exact) mass is 306 g/mol. The summed E-state index contributed by atoms with van der Waals surface area (Å²) in [5.41, 5.74) is 0.518. The van der Waals surface area contributed by atoms with Gasteiger partial charge in [-0.2, -0.15) is 0 Å². The number of alkyl halides is 1. The van der Waals surface area contributed by atoms with E-state index in [4.69, 9.17) is 0 Å². The van der Waals surface area contributed by atoms with E-state index >= 15 is 0 Å². The number of hydrogen-bond donors (Lipinski definition) is 0. The smallest absolute Gasteiger partial charge is 0.143 e. The van der Waals surface area contributed by atoms with Gasteiger partial charge in [0.2, 0.25) is 0 Å². The van der Waals surface area contributed by atoms with Crippen molar-refractivity contribution in [3.8, 4) is 0 Å². The Labute approximate surface area is 107 Å². The van der Waals surface area contributed by atoms with Crippen molar-refractivity contribution in [2.75, 3.05) is 11.1 Å². The molecule has 0 radical (unpaired) electrons. The lowest BCUT2D eigenvalue weighted by Crippen LogP contribution is -2.21. The van der Waals surface area contributed by atoms with Gasteiger partial charge in [0.15, 0.2) is 4.34 Å². The summed E-state index contributed by atoms with van der Waals surface area (Å²) in [4.78, 5) is 0. The number of aromatic nitrogens is 2. The van der Waals surface area contributed by atoms with E-state index in [-0.39, 0.29) is 0 Å². The molecule has 1 heterocycles. The van der Waals surface area contributed by atoms with E-state index < -0.39 is 0 Å². The molecular weight excluding hydrogens is 292 g/mol. The minimum absolute atomic E-state index is 0.518. The van der Waals surface area contributed by atoms with Crippen molar-refractivity contribution in [1.29, 1.82) is 0 Å². The summed E-state index contributed by atoms with van der Waals surface area (Å²) in [6, 6.07) is 0. The fourth-order valence-electron chi connectivity index (χ4n) is 1.99. The maximum atomic E-state index is 4.16. The van der Waals surface area contributed by atoms with Crippen LogP contribution in [0, 0.1) is 12.3 Å². The lowest BCUT2D eigenvalue weighted by molar-refractivity contribution is 0.405. The summed E-state index contributed by atoms with van der Waals surface area (Å²) in [6.45, 7) is 2.01. The predicted molar refractivity (Wildman–Crippen MR) is 70.1 cm³/mol. The van der Waals surface area contributed by atoms with Gasteiger partial charge >= 0.3 is 0 Å². The van der Waals surface area contributed by atoms with E-state index in [1.54, 1.807) is 11.3 Å². The van der Waals surface area contributed by atoms with Crippen LogP contribution < -0.4 is 0 Å². The normalized spacial score (nSPS) is 19.6. The molecule has 84 valence electrons. The maximum Gasteiger partial charge on any atom is 0.174 e. The highest BCUT2D eigenvalue weighted by atomic mass is 79.9. The van der Waals surface area contributed by atoms with Crippen molar-refractivity contribution in [2.45, 2.75) is 36.9 Å². The quantitative estimate of drug-likeness (QED) is 0.623. The van der Waals surface area contributed by atoms with Crippen molar-refractivity contribution in [1.82, 2.24) is 10.2 Å². The van der Waals surface area contributed by atoms with E-state index in [0.717, 1.165) is 14.7 Å². The summed E-state index contributed by atoms with van der Waals surface area (Å²) in [5.74, 6) is 1.19. The number of aryl methyl sites for hydroxylation is 1. The molecule has 0 bridgehead atoms. The molecule has 0 saturated heterocycles. The highest BCUT2D eigenvalue weighted by Crippen LogP contribution is 2.43. The number of thioether (sulfide) groups is 1. The molecule has 1 aromatic rings. The zero-order valence-corrected chi connectivity index (χ0v) is 12.1. The SMILES string of the molecule is Cc1nnc(SCC2(CBr)CCCC2)s1. The number of nitrogens with zero attached hydrogens (tertiary/aromatic N) is 2. The minimum Gasteiger partial charge on any atom is -0.143 e. The molecule has 0 aromatic carbocycles. The van der Waals surface area contributed by atoms with E-state index in [1.807, 2.05) is 18.7 Å². The maximum absolute atomic E-state index is 4.16. The van der Waals surface area contributed by atoms with Gasteiger partial charge in [-0.1, -0.05) is 51.9 Å². The Morgan fingerprint density at radius 2 is 2.13 bits per heavy atom. The van der Waals surface area contributed by atoms with Crippen molar-refractivity contribution in [2.24, 2.45) is 5.41 Å². The van der Waals surface area contributed by atoms with Crippen molar-refractivity contribution < 1.29 is 0 Å². The Balaban J connectivity index is 1.91. The number of rotatable bonds is 4. The third-order valence-corrected chi connectivity index (χ3v) is 6.47. The molecule has 1 fully saturated rings. The third kappa shape index (κ3) is 2.94. The zero-order chi connectivity index (χ0) is 10.7. The molecule has 0 amide bonds. The average Bonchev–Trinajstić information content (AvgIpc) is 2.85. The van der Waals surface area contributed by atoms with Gasteiger partial charge < -0.3 is 0 Å². The molecule has 2 rings (SSSR count). The van der Waals surface area contributed by atoms with E-state index in [2.05, 4.69) is 26.1 Å². The second-order valence-electron chi connectivity index (χ2n) is 4.22. The Kier molecular flexibility index (Phi) is 4.07. The predicted octanol–water partition coefficient (Wildman–Crippen LogP) is 3.89. The van der Waals surface area contributed by atoms with Gasteiger partial charge in [0, 0.05) is 11.1 Å². The summed E-state index contributed by atoms with van der Waals surface area (Å²) in [7, 11) is 0. The Hall–Kier alpha value is 0.390. The number of hydrogen-bond acceptors (Lipinski definition) is 4. The van der Waals surface area contributed by atoms with Crippen LogP contribution in [0.3, 0.4) is 0 Å². The standard InChI is InChI=1S/C10H15BrN2S2/c1-8-12-13-9(15-8)14-7-10(6-11)4-2-3-5-10/h2-7H2,1H3. The first kappa shape index (κ1) is 11.9. The van der Waals surface area contributed by atoms with Gasteiger partial charge in [0.05, 0.1) is 0 Å². The van der Waals surface area contributed by atoms with Crippen LogP contribution in [0.2, 0.25) is 0 Å². The first-order chi connectivity index (χ1) is 7.24. The summed E-state index contributed by atoms with van der Waals surface area (Å²) < 4.78 is 1.12. The highest BCUT2D eigenvalue weighted by molar-refractivity contribution is 9.09. The van der Waals surface area contributed by atoms with Crippen LogP contribution in [-0.4, -0.2) is 21.3 Å². The molecule has 1 aromatic heterocycles. The molecule has 1 aliphatic rings. The number of halogens is 1. The molecule has 1 saturated carbocycles. The second-order valence-corrected chi connectivity index (χ2v) is 7.18. The van der Waals surface area contributed by atoms with Crippen LogP contribution in [0.25, 0.3) is 0 Å². The summed E-state index contributed by atoms with van der Waals surface area (Å²) in [5, 5.41) is 10.4. The van der Waals surface area contributed by atoms with Crippen LogP contribution in [0.1, 0.15) is 30.7 Å². The average molecular weight is 307 g/mol. The van der Waals surface area contributed by atoms with Gasteiger partial charge in [-0.15, -0.1) is 10.2 Å². The second kappa shape index (κ2) is 5.15. The lowest BCUT2D eigenvalue weighted by atomic mass is 9.92. The summed E-state index contributed by atoms with van der Waals surface area (Å²) >= 11 is 7.25. The molecule has 0 atom stereocenters. The van der Waals surface area contributed by atoms with Gasteiger partial charge in [-0.05, 0) is 25.2 Å². The Morgan fingerprint density at radius 1 is 1.40 bits per heavy atom. The van der Waals surface area contributed by atoms with Crippen LogP contribution in [0.15, 0.2) is 4.34 Å². The third-order valence-electron chi connectivity index (χ3n) is 2.96. The molecule has 0 N–H and O–H groups in total. The fraction of sp³-hybridized carbons (Fsp3) is 0.800. The zero-order valence-electron chi connectivity index (χ0n) is 8.83. The lowest BCUT2D eigenvalue weighted by Gasteiger charge is -2.25. The van der Waals surface area contributed by atoms with Crippen molar-refractivity contribution in [3.05, 3.63) is 5.01 Å². The van der Waals surface area contributed by atoms with Crippen molar-refractivity contribution >= 4 is 39.0 Å². The van der Waals surface area contributed by atoms with Crippen LogP contribution in [-0.2, 0) is 0 Å².